The van der Waals surface area contributed by atoms with Gasteiger partial charge < -0.3 is 9.88 Å². The molecule has 0 aliphatic heterocycles. The van der Waals surface area contributed by atoms with Gasteiger partial charge in [-0.2, -0.15) is 0 Å². The minimum Gasteiger partial charge on any atom is -0.316 e. The molecule has 84 valence electrons. The predicted molar refractivity (Wildman–Crippen MR) is 61.0 cm³/mol. The number of rotatable bonds is 3. The van der Waals surface area contributed by atoms with Crippen LogP contribution < -0.4 is 5.32 Å². The summed E-state index contributed by atoms with van der Waals surface area (Å²) in [6.45, 7) is 2.49. The lowest BCUT2D eigenvalue weighted by atomic mass is 10.1. The van der Waals surface area contributed by atoms with Crippen molar-refractivity contribution in [3.63, 3.8) is 0 Å². The number of nitrogens with zero attached hydrogens (tertiary/aromatic N) is 2. The van der Waals surface area contributed by atoms with E-state index >= 15 is 0 Å². The standard InChI is InChI=1S/C12H14FN3/c1-9-15-6-7-16(9)12-10(8-14-2)4-3-5-11(12)13/h3-7,14H,8H2,1-2H3. The Bertz CT molecular complexity index is 491. The van der Waals surface area contributed by atoms with E-state index in [2.05, 4.69) is 10.3 Å². The van der Waals surface area contributed by atoms with Gasteiger partial charge in [-0.3, -0.25) is 0 Å². The summed E-state index contributed by atoms with van der Waals surface area (Å²) in [5, 5.41) is 3.03. The van der Waals surface area contributed by atoms with Crippen molar-refractivity contribution < 1.29 is 4.39 Å². The van der Waals surface area contributed by atoms with Gasteiger partial charge >= 0.3 is 0 Å². The number of hydrogen-bond donors (Lipinski definition) is 1. The molecule has 0 unspecified atom stereocenters. The normalized spacial score (nSPS) is 10.7. The Morgan fingerprint density at radius 1 is 1.44 bits per heavy atom. The Balaban J connectivity index is 2.58. The van der Waals surface area contributed by atoms with Crippen LogP contribution in [0.5, 0.6) is 0 Å². The molecule has 0 amide bonds. The maximum Gasteiger partial charge on any atom is 0.147 e. The number of hydrogen-bond acceptors (Lipinski definition) is 2. The topological polar surface area (TPSA) is 29.9 Å². The Morgan fingerprint density at radius 2 is 2.25 bits per heavy atom. The Hall–Kier alpha value is -1.68. The molecule has 16 heavy (non-hydrogen) atoms. The summed E-state index contributed by atoms with van der Waals surface area (Å²) < 4.78 is 15.6. The summed E-state index contributed by atoms with van der Waals surface area (Å²) in [4.78, 5) is 4.11. The second-order valence-electron chi connectivity index (χ2n) is 3.62. The van der Waals surface area contributed by atoms with Crippen LogP contribution in [0.1, 0.15) is 11.4 Å². The van der Waals surface area contributed by atoms with Crippen molar-refractivity contribution in [2.75, 3.05) is 7.05 Å². The number of para-hydroxylation sites is 1. The molecule has 0 radical (unpaired) electrons. The van der Waals surface area contributed by atoms with Crippen LogP contribution in [-0.4, -0.2) is 16.6 Å². The van der Waals surface area contributed by atoms with E-state index in [9.17, 15) is 4.39 Å². The smallest absolute Gasteiger partial charge is 0.147 e. The SMILES string of the molecule is CNCc1cccc(F)c1-n1ccnc1C. The molecule has 0 atom stereocenters. The zero-order valence-corrected chi connectivity index (χ0v) is 9.37. The molecule has 1 aromatic carbocycles. The third kappa shape index (κ3) is 1.84. The molecule has 0 bridgehead atoms. The first-order chi connectivity index (χ1) is 7.74. The third-order valence-corrected chi connectivity index (χ3v) is 2.50. The first kappa shape index (κ1) is 10.8. The zero-order valence-electron chi connectivity index (χ0n) is 9.37. The number of aromatic nitrogens is 2. The lowest BCUT2D eigenvalue weighted by Gasteiger charge is -2.12. The number of nitrogens with one attached hydrogen (secondary N) is 1. The van der Waals surface area contributed by atoms with Crippen molar-refractivity contribution in [1.29, 1.82) is 0 Å². The van der Waals surface area contributed by atoms with Crippen LogP contribution in [0.2, 0.25) is 0 Å². The van der Waals surface area contributed by atoms with Crippen LogP contribution in [0.25, 0.3) is 5.69 Å². The minimum atomic E-state index is -0.228. The molecule has 0 aliphatic carbocycles. The van der Waals surface area contributed by atoms with Crippen molar-refractivity contribution in [1.82, 2.24) is 14.9 Å². The van der Waals surface area contributed by atoms with Crippen LogP contribution in [0.3, 0.4) is 0 Å². The van der Waals surface area contributed by atoms with Crippen molar-refractivity contribution in [3.05, 3.63) is 47.8 Å². The van der Waals surface area contributed by atoms with E-state index in [0.717, 1.165) is 11.4 Å². The molecular formula is C12H14FN3. The summed E-state index contributed by atoms with van der Waals surface area (Å²) >= 11 is 0. The van der Waals surface area contributed by atoms with Gasteiger partial charge in [0.15, 0.2) is 0 Å². The molecule has 2 rings (SSSR count). The summed E-state index contributed by atoms with van der Waals surface area (Å²) in [5.74, 6) is 0.552. The second kappa shape index (κ2) is 4.45. The molecule has 4 heteroatoms. The van der Waals surface area contributed by atoms with Crippen molar-refractivity contribution in [3.8, 4) is 5.69 Å². The molecule has 1 N–H and O–H groups in total. The molecule has 0 fully saturated rings. The first-order valence-corrected chi connectivity index (χ1v) is 5.16. The fourth-order valence-electron chi connectivity index (χ4n) is 1.78. The fourth-order valence-corrected chi connectivity index (χ4v) is 1.78. The molecule has 0 spiro atoms. The number of benzene rings is 1. The second-order valence-corrected chi connectivity index (χ2v) is 3.62. The van der Waals surface area contributed by atoms with E-state index in [0.29, 0.717) is 12.2 Å². The highest BCUT2D eigenvalue weighted by molar-refractivity contribution is 5.43. The van der Waals surface area contributed by atoms with Crippen LogP contribution >= 0.6 is 0 Å². The number of halogens is 1. The maximum atomic E-state index is 13.8. The summed E-state index contributed by atoms with van der Waals surface area (Å²) in [6, 6.07) is 5.10. The quantitative estimate of drug-likeness (QED) is 0.856. The first-order valence-electron chi connectivity index (χ1n) is 5.16. The predicted octanol–water partition coefficient (Wildman–Crippen LogP) is 2.04. The fraction of sp³-hybridized carbons (Fsp3) is 0.250. The minimum absolute atomic E-state index is 0.228. The van der Waals surface area contributed by atoms with E-state index in [-0.39, 0.29) is 5.82 Å². The average molecular weight is 219 g/mol. The Morgan fingerprint density at radius 3 is 2.88 bits per heavy atom. The highest BCUT2D eigenvalue weighted by Gasteiger charge is 2.11. The summed E-state index contributed by atoms with van der Waals surface area (Å²) in [5.41, 5.74) is 1.50. The molecule has 2 aromatic rings. The van der Waals surface area contributed by atoms with Crippen LogP contribution in [0.15, 0.2) is 30.6 Å². The lowest BCUT2D eigenvalue weighted by molar-refractivity contribution is 0.611. The van der Waals surface area contributed by atoms with Crippen LogP contribution in [0.4, 0.5) is 4.39 Å². The van der Waals surface area contributed by atoms with E-state index in [1.165, 1.54) is 6.07 Å². The Kier molecular flexibility index (Phi) is 3.01. The van der Waals surface area contributed by atoms with Crippen molar-refractivity contribution in [2.24, 2.45) is 0 Å². The van der Waals surface area contributed by atoms with Crippen LogP contribution in [0, 0.1) is 12.7 Å². The van der Waals surface area contributed by atoms with E-state index in [1.54, 1.807) is 23.0 Å². The number of aryl methyl sites for hydroxylation is 1. The third-order valence-electron chi connectivity index (χ3n) is 2.50. The van der Waals surface area contributed by atoms with Gasteiger partial charge in [-0.25, -0.2) is 9.37 Å². The van der Waals surface area contributed by atoms with Gasteiger partial charge in [0.05, 0.1) is 5.69 Å². The highest BCUT2D eigenvalue weighted by atomic mass is 19.1. The van der Waals surface area contributed by atoms with E-state index in [1.807, 2.05) is 20.0 Å². The van der Waals surface area contributed by atoms with E-state index in [4.69, 9.17) is 0 Å². The van der Waals surface area contributed by atoms with Gasteiger partial charge in [-0.15, -0.1) is 0 Å². The summed E-state index contributed by atoms with van der Waals surface area (Å²) in [6.07, 6.45) is 3.44. The van der Waals surface area contributed by atoms with Crippen molar-refractivity contribution in [2.45, 2.75) is 13.5 Å². The molecule has 0 aliphatic rings. The molecule has 0 saturated heterocycles. The highest BCUT2D eigenvalue weighted by Crippen LogP contribution is 2.19. The molecule has 1 aromatic heterocycles. The van der Waals surface area contributed by atoms with Gasteiger partial charge in [-0.05, 0) is 25.6 Å². The monoisotopic (exact) mass is 219 g/mol. The molecule has 0 saturated carbocycles. The lowest BCUT2D eigenvalue weighted by Crippen LogP contribution is -2.11. The molecule has 1 heterocycles. The van der Waals surface area contributed by atoms with Gasteiger partial charge in [0.25, 0.3) is 0 Å². The molecular weight excluding hydrogens is 205 g/mol. The van der Waals surface area contributed by atoms with Gasteiger partial charge in [0.1, 0.15) is 11.6 Å². The summed E-state index contributed by atoms with van der Waals surface area (Å²) in [7, 11) is 1.84. The van der Waals surface area contributed by atoms with Gasteiger partial charge in [-0.1, -0.05) is 12.1 Å². The largest absolute Gasteiger partial charge is 0.316 e. The average Bonchev–Trinajstić information content (AvgIpc) is 2.65. The van der Waals surface area contributed by atoms with Gasteiger partial charge in [0, 0.05) is 18.9 Å². The van der Waals surface area contributed by atoms with Crippen molar-refractivity contribution >= 4 is 0 Å². The van der Waals surface area contributed by atoms with E-state index < -0.39 is 0 Å². The maximum absolute atomic E-state index is 13.8. The van der Waals surface area contributed by atoms with Crippen LogP contribution in [-0.2, 0) is 6.54 Å². The zero-order chi connectivity index (χ0) is 11.5. The number of imidazole rings is 1. The van der Waals surface area contributed by atoms with Gasteiger partial charge in [0.2, 0.25) is 0 Å². The molecule has 3 nitrogen and oxygen atoms in total. The Labute approximate surface area is 93.9 Å².